The minimum absolute atomic E-state index is 0.0615. The second-order valence-electron chi connectivity index (χ2n) is 3.73. The van der Waals surface area contributed by atoms with Crippen molar-refractivity contribution in [2.45, 2.75) is 18.3 Å². The van der Waals surface area contributed by atoms with Gasteiger partial charge in [0, 0.05) is 13.2 Å². The highest BCUT2D eigenvalue weighted by atomic mass is 19.4. The molecule has 0 bridgehead atoms. The van der Waals surface area contributed by atoms with Crippen LogP contribution in [0.15, 0.2) is 11.4 Å². The lowest BCUT2D eigenvalue weighted by atomic mass is 10.0. The normalized spacial score (nSPS) is 14.2. The Kier molecular flexibility index (Phi) is 3.76. The highest BCUT2D eigenvalue weighted by molar-refractivity contribution is 5.81. The Hall–Kier alpha value is -1.81. The maximum Gasteiger partial charge on any atom is 0.458 e. The average Bonchev–Trinajstić information content (AvgIpc) is 2.55. The smallest absolute Gasteiger partial charge is 0.411 e. The first-order valence-corrected chi connectivity index (χ1v) is 4.73. The second-order valence-corrected chi connectivity index (χ2v) is 3.73. The first-order valence-electron chi connectivity index (χ1n) is 4.73. The Labute approximate surface area is 106 Å². The Morgan fingerprint density at radius 3 is 1.95 bits per heavy atom. The second kappa shape index (κ2) is 4.63. The lowest BCUT2D eigenvalue weighted by molar-refractivity contribution is -0.291. The number of aryl methyl sites for hydroxylation is 1. The maximum absolute atomic E-state index is 13.3. The highest BCUT2D eigenvalue weighted by Crippen LogP contribution is 2.49. The molecule has 1 aromatic heterocycles. The third-order valence-electron chi connectivity index (χ3n) is 2.38. The van der Waals surface area contributed by atoms with E-state index >= 15 is 0 Å². The zero-order valence-corrected chi connectivity index (χ0v) is 9.52. The van der Waals surface area contributed by atoms with Crippen LogP contribution in [0.2, 0.25) is 0 Å². The molecular weight excluding hydrogens is 304 g/mol. The van der Waals surface area contributed by atoms with E-state index in [1.54, 1.807) is 0 Å². The van der Waals surface area contributed by atoms with Gasteiger partial charge in [0.2, 0.25) is 0 Å². The summed E-state index contributed by atoms with van der Waals surface area (Å²) >= 11 is 0. The van der Waals surface area contributed by atoms with Gasteiger partial charge in [-0.2, -0.15) is 35.1 Å². The van der Waals surface area contributed by atoms with Crippen LogP contribution in [0.1, 0.15) is 16.8 Å². The molecule has 0 aliphatic heterocycles. The molecule has 1 N–H and O–H groups in total. The summed E-state index contributed by atoms with van der Waals surface area (Å²) in [4.78, 5) is 0. The molecule has 0 aromatic carbocycles. The van der Waals surface area contributed by atoms with Crippen molar-refractivity contribution in [3.05, 3.63) is 23.0 Å². The topological polar surface area (TPSA) is 37.5 Å². The Balaban J connectivity index is 3.74. The average molecular weight is 310 g/mol. The first kappa shape index (κ1) is 16.2. The number of rotatable bonds is 2. The van der Waals surface area contributed by atoms with Crippen LogP contribution >= 0.6 is 0 Å². The van der Waals surface area contributed by atoms with Gasteiger partial charge in [-0.25, -0.2) is 0 Å². The van der Waals surface area contributed by atoms with Crippen molar-refractivity contribution in [3.63, 3.8) is 0 Å². The van der Waals surface area contributed by atoms with E-state index in [9.17, 15) is 35.1 Å². The van der Waals surface area contributed by atoms with E-state index in [1.807, 2.05) is 0 Å². The summed E-state index contributed by atoms with van der Waals surface area (Å²) in [7, 11) is 0.808. The number of nitrogens with zero attached hydrogens (tertiary/aromatic N) is 2. The third kappa shape index (κ3) is 2.56. The molecule has 114 valence electrons. The highest BCUT2D eigenvalue weighted by Gasteiger charge is 2.63. The molecule has 3 nitrogen and oxygen atoms in total. The van der Waals surface area contributed by atoms with Crippen LogP contribution in [0.5, 0.6) is 0 Å². The van der Waals surface area contributed by atoms with Gasteiger partial charge >= 0.3 is 18.3 Å². The van der Waals surface area contributed by atoms with Gasteiger partial charge in [-0.3, -0.25) is 0 Å². The van der Waals surface area contributed by atoms with Crippen molar-refractivity contribution in [1.29, 1.82) is 0 Å². The van der Waals surface area contributed by atoms with Crippen LogP contribution in [0.3, 0.4) is 0 Å². The molecule has 1 rings (SSSR count). The zero-order chi connectivity index (χ0) is 15.9. The van der Waals surface area contributed by atoms with Crippen molar-refractivity contribution in [2.24, 2.45) is 12.2 Å². The van der Waals surface area contributed by atoms with Crippen LogP contribution < -0.4 is 0 Å². The molecule has 1 aromatic rings. The van der Waals surface area contributed by atoms with Crippen LogP contribution in [0.25, 0.3) is 0 Å². The van der Waals surface area contributed by atoms with Crippen LogP contribution in [-0.4, -0.2) is 22.2 Å². The molecule has 0 saturated heterocycles. The molecule has 0 saturated carbocycles. The Bertz CT molecular complexity index is 525. The predicted octanol–water partition coefficient (Wildman–Crippen LogP) is 3.51. The Morgan fingerprint density at radius 1 is 1.10 bits per heavy atom. The number of hydrogen-bond donors (Lipinski definition) is 1. The summed E-state index contributed by atoms with van der Waals surface area (Å²) in [5, 5.41) is 10.4. The van der Waals surface area contributed by atoms with Crippen molar-refractivity contribution < 1.29 is 40.3 Å². The minimum Gasteiger partial charge on any atom is -0.411 e. The SMILES string of the molecule is Cn1cc(C(F)(F)F)c(C(F)(F)C(F)(F)F)c1C=NO. The number of halogens is 8. The monoisotopic (exact) mass is 310 g/mol. The summed E-state index contributed by atoms with van der Waals surface area (Å²) in [5.74, 6) is -5.75. The van der Waals surface area contributed by atoms with Crippen molar-refractivity contribution in [2.75, 3.05) is 0 Å². The zero-order valence-electron chi connectivity index (χ0n) is 9.52. The van der Waals surface area contributed by atoms with E-state index in [0.717, 1.165) is 7.05 Å². The van der Waals surface area contributed by atoms with Gasteiger partial charge in [0.05, 0.1) is 23.0 Å². The number of oxime groups is 1. The molecular formula is C9H6F8N2O. The van der Waals surface area contributed by atoms with Crippen molar-refractivity contribution in [3.8, 4) is 0 Å². The van der Waals surface area contributed by atoms with Gasteiger partial charge in [0.15, 0.2) is 0 Å². The van der Waals surface area contributed by atoms with E-state index in [-0.39, 0.29) is 12.4 Å². The van der Waals surface area contributed by atoms with Gasteiger partial charge in [-0.05, 0) is 0 Å². The van der Waals surface area contributed by atoms with E-state index in [2.05, 4.69) is 5.16 Å². The molecule has 0 unspecified atom stereocenters. The quantitative estimate of drug-likeness (QED) is 0.386. The summed E-state index contributed by atoms with van der Waals surface area (Å²) in [6.45, 7) is 0. The standard InChI is InChI=1S/C9H6F8N2O/c1-19-3-4(8(12,13)14)6(5(19)2-18-20)7(10,11)9(15,16)17/h2-3,20H,1H3. The molecule has 0 spiro atoms. The van der Waals surface area contributed by atoms with Gasteiger partial charge in [0.25, 0.3) is 0 Å². The molecule has 0 aliphatic rings. The van der Waals surface area contributed by atoms with Gasteiger partial charge in [-0.15, -0.1) is 0 Å². The molecule has 0 radical (unpaired) electrons. The number of hydrogen-bond acceptors (Lipinski definition) is 2. The largest absolute Gasteiger partial charge is 0.458 e. The van der Waals surface area contributed by atoms with Crippen molar-refractivity contribution in [1.82, 2.24) is 4.57 Å². The molecule has 0 aliphatic carbocycles. The summed E-state index contributed by atoms with van der Waals surface area (Å²) in [6.07, 6.45) is -11.5. The molecule has 0 fully saturated rings. The molecule has 0 amide bonds. The molecule has 20 heavy (non-hydrogen) atoms. The van der Waals surface area contributed by atoms with Gasteiger partial charge in [0.1, 0.15) is 0 Å². The van der Waals surface area contributed by atoms with E-state index < -0.39 is 35.1 Å². The fourth-order valence-corrected chi connectivity index (χ4v) is 1.54. The molecule has 1 heterocycles. The predicted molar refractivity (Wildman–Crippen MR) is 49.7 cm³/mol. The number of alkyl halides is 8. The third-order valence-corrected chi connectivity index (χ3v) is 2.38. The lowest BCUT2D eigenvalue weighted by Crippen LogP contribution is -2.36. The fourth-order valence-electron chi connectivity index (χ4n) is 1.54. The van der Waals surface area contributed by atoms with E-state index in [4.69, 9.17) is 5.21 Å². The van der Waals surface area contributed by atoms with Gasteiger partial charge in [-0.1, -0.05) is 5.16 Å². The maximum atomic E-state index is 13.3. The van der Waals surface area contributed by atoms with E-state index in [0.29, 0.717) is 4.57 Å². The summed E-state index contributed by atoms with van der Waals surface area (Å²) in [6, 6.07) is 0. The van der Waals surface area contributed by atoms with Crippen LogP contribution in [-0.2, 0) is 19.1 Å². The first-order chi connectivity index (χ1) is 8.84. The van der Waals surface area contributed by atoms with Crippen LogP contribution in [0.4, 0.5) is 35.1 Å². The molecule has 0 atom stereocenters. The van der Waals surface area contributed by atoms with Crippen LogP contribution in [0, 0.1) is 0 Å². The molecule has 11 heteroatoms. The van der Waals surface area contributed by atoms with Gasteiger partial charge < -0.3 is 9.77 Å². The number of aromatic nitrogens is 1. The minimum atomic E-state index is -6.23. The van der Waals surface area contributed by atoms with Crippen molar-refractivity contribution >= 4 is 6.21 Å². The fraction of sp³-hybridized carbons (Fsp3) is 0.444. The summed E-state index contributed by atoms with van der Waals surface area (Å²) in [5.41, 5.74) is -5.67. The Morgan fingerprint density at radius 2 is 1.60 bits per heavy atom. The lowest BCUT2D eigenvalue weighted by Gasteiger charge is -2.22. The van der Waals surface area contributed by atoms with E-state index in [1.165, 1.54) is 0 Å². The summed E-state index contributed by atoms with van der Waals surface area (Å²) < 4.78 is 101.